The summed E-state index contributed by atoms with van der Waals surface area (Å²) in [5.74, 6) is 1.03. The molecule has 0 atom stereocenters. The molecular formula is C22H30ClN3O2+2. The van der Waals surface area contributed by atoms with Gasteiger partial charge in [0.05, 0.1) is 7.11 Å². The molecule has 1 amide bonds. The first-order chi connectivity index (χ1) is 13.6. The number of rotatable bonds is 8. The average molecular weight is 404 g/mol. The number of methoxy groups -OCH3 is 1. The first kappa shape index (κ1) is 20.6. The summed E-state index contributed by atoms with van der Waals surface area (Å²) in [6.07, 6.45) is 0.807. The normalized spacial score (nSPS) is 19.2. The second-order valence-corrected chi connectivity index (χ2v) is 7.87. The number of piperazine rings is 1. The molecule has 2 aromatic carbocycles. The molecule has 3 rings (SSSR count). The van der Waals surface area contributed by atoms with Crippen molar-refractivity contribution in [3.63, 3.8) is 0 Å². The Hall–Kier alpha value is -2.08. The van der Waals surface area contributed by atoms with Crippen molar-refractivity contribution in [2.45, 2.75) is 13.0 Å². The number of halogens is 1. The Morgan fingerprint density at radius 1 is 1.04 bits per heavy atom. The van der Waals surface area contributed by atoms with Gasteiger partial charge >= 0.3 is 0 Å². The minimum absolute atomic E-state index is 0.135. The van der Waals surface area contributed by atoms with Gasteiger partial charge in [-0.05, 0) is 48.4 Å². The van der Waals surface area contributed by atoms with Crippen LogP contribution in [-0.4, -0.2) is 52.3 Å². The molecule has 0 spiro atoms. The lowest BCUT2D eigenvalue weighted by Gasteiger charge is -2.29. The lowest BCUT2D eigenvalue weighted by molar-refractivity contribution is -1.02. The van der Waals surface area contributed by atoms with E-state index < -0.39 is 0 Å². The summed E-state index contributed by atoms with van der Waals surface area (Å²) >= 11 is 5.99. The van der Waals surface area contributed by atoms with Gasteiger partial charge < -0.3 is 19.9 Å². The topological polar surface area (TPSA) is 47.2 Å². The third-order valence-corrected chi connectivity index (χ3v) is 5.55. The van der Waals surface area contributed by atoms with Crippen LogP contribution in [0.2, 0.25) is 5.02 Å². The summed E-state index contributed by atoms with van der Waals surface area (Å²) in [5, 5.41) is 3.78. The summed E-state index contributed by atoms with van der Waals surface area (Å²) in [4.78, 5) is 15.2. The molecule has 1 heterocycles. The lowest BCUT2D eigenvalue weighted by atomic mass is 10.1. The van der Waals surface area contributed by atoms with Crippen LogP contribution in [0.4, 0.5) is 0 Å². The molecular weight excluding hydrogens is 374 g/mol. The third-order valence-electron chi connectivity index (χ3n) is 5.31. The Labute approximate surface area is 172 Å². The number of benzene rings is 2. The van der Waals surface area contributed by atoms with E-state index in [1.807, 2.05) is 36.4 Å². The second-order valence-electron chi connectivity index (χ2n) is 7.43. The molecule has 2 aromatic rings. The fraction of sp³-hybridized carbons (Fsp3) is 0.409. The predicted molar refractivity (Wildman–Crippen MR) is 111 cm³/mol. The van der Waals surface area contributed by atoms with Crippen molar-refractivity contribution in [2.24, 2.45) is 0 Å². The number of nitrogens with one attached hydrogen (secondary N) is 3. The Morgan fingerprint density at radius 3 is 2.43 bits per heavy atom. The number of hydrogen-bond acceptors (Lipinski definition) is 2. The number of quaternary nitrogens is 2. The highest BCUT2D eigenvalue weighted by molar-refractivity contribution is 6.30. The van der Waals surface area contributed by atoms with E-state index in [0.29, 0.717) is 13.1 Å². The Kier molecular flexibility index (Phi) is 7.71. The van der Waals surface area contributed by atoms with Gasteiger partial charge in [0.25, 0.3) is 5.91 Å². The van der Waals surface area contributed by atoms with Crippen LogP contribution < -0.4 is 19.9 Å². The third kappa shape index (κ3) is 6.51. The van der Waals surface area contributed by atoms with E-state index in [-0.39, 0.29) is 5.91 Å². The Bertz CT molecular complexity index is 759. The molecule has 0 aliphatic carbocycles. The van der Waals surface area contributed by atoms with Gasteiger partial charge in [-0.15, -0.1) is 0 Å². The molecule has 0 radical (unpaired) electrons. The monoisotopic (exact) mass is 403 g/mol. The van der Waals surface area contributed by atoms with E-state index in [4.69, 9.17) is 16.3 Å². The highest BCUT2D eigenvalue weighted by Gasteiger charge is 2.24. The van der Waals surface area contributed by atoms with Gasteiger partial charge in [-0.3, -0.25) is 4.79 Å². The lowest BCUT2D eigenvalue weighted by Crippen LogP contribution is -3.28. The van der Waals surface area contributed by atoms with E-state index in [0.717, 1.165) is 55.5 Å². The number of carbonyl (C=O) groups is 1. The van der Waals surface area contributed by atoms with E-state index >= 15 is 0 Å². The fourth-order valence-electron chi connectivity index (χ4n) is 3.67. The second kappa shape index (κ2) is 10.5. The molecule has 0 unspecified atom stereocenters. The number of hydrogen-bond donors (Lipinski definition) is 3. The van der Waals surface area contributed by atoms with Crippen LogP contribution in [0.1, 0.15) is 11.1 Å². The van der Waals surface area contributed by atoms with Crippen LogP contribution in [0.5, 0.6) is 5.75 Å². The summed E-state index contributed by atoms with van der Waals surface area (Å²) in [7, 11) is 1.69. The van der Waals surface area contributed by atoms with E-state index in [2.05, 4.69) is 17.4 Å². The first-order valence-electron chi connectivity index (χ1n) is 9.93. The van der Waals surface area contributed by atoms with Crippen molar-refractivity contribution in [1.82, 2.24) is 5.32 Å². The van der Waals surface area contributed by atoms with Gasteiger partial charge in [-0.25, -0.2) is 0 Å². The van der Waals surface area contributed by atoms with Crippen molar-refractivity contribution in [1.29, 1.82) is 0 Å². The molecule has 0 bridgehead atoms. The van der Waals surface area contributed by atoms with Crippen LogP contribution in [0.25, 0.3) is 0 Å². The van der Waals surface area contributed by atoms with Crippen LogP contribution in [-0.2, 0) is 17.8 Å². The minimum atomic E-state index is 0.135. The van der Waals surface area contributed by atoms with E-state index in [1.54, 1.807) is 12.0 Å². The average Bonchev–Trinajstić information content (AvgIpc) is 2.70. The van der Waals surface area contributed by atoms with Crippen LogP contribution in [0, 0.1) is 0 Å². The standard InChI is InChI=1S/C22H28ClN3O2/c1-28-21-7-5-19(6-8-21)16-25-11-13-26(14-12-25)17-22(27)24-10-9-18-3-2-4-20(23)15-18/h2-8,15H,9-14,16-17H2,1H3,(H,24,27)/p+2. The van der Waals surface area contributed by atoms with Gasteiger partial charge in [0.2, 0.25) is 0 Å². The van der Waals surface area contributed by atoms with Crippen molar-refractivity contribution < 1.29 is 19.3 Å². The van der Waals surface area contributed by atoms with Crippen LogP contribution in [0.3, 0.4) is 0 Å². The van der Waals surface area contributed by atoms with Gasteiger partial charge in [-0.2, -0.15) is 0 Å². The van der Waals surface area contributed by atoms with Gasteiger partial charge in [0.1, 0.15) is 38.5 Å². The SMILES string of the molecule is COc1ccc(C[NH+]2CC[NH+](CC(=O)NCCc3cccc(Cl)c3)CC2)cc1. The van der Waals surface area contributed by atoms with Crippen molar-refractivity contribution in [3.8, 4) is 5.75 Å². The zero-order valence-corrected chi connectivity index (χ0v) is 17.2. The molecule has 6 heteroatoms. The summed E-state index contributed by atoms with van der Waals surface area (Å²) < 4.78 is 5.21. The van der Waals surface area contributed by atoms with E-state index in [9.17, 15) is 4.79 Å². The molecule has 5 nitrogen and oxygen atoms in total. The molecule has 0 saturated carbocycles. The molecule has 1 aliphatic heterocycles. The Balaban J connectivity index is 1.33. The van der Waals surface area contributed by atoms with Crippen LogP contribution in [0.15, 0.2) is 48.5 Å². The van der Waals surface area contributed by atoms with E-state index in [1.165, 1.54) is 10.5 Å². The van der Waals surface area contributed by atoms with Crippen molar-refractivity contribution in [3.05, 3.63) is 64.7 Å². The summed E-state index contributed by atoms with van der Waals surface area (Å²) in [6, 6.07) is 16.1. The smallest absolute Gasteiger partial charge is 0.275 e. The maximum atomic E-state index is 12.2. The molecule has 1 fully saturated rings. The molecule has 1 saturated heterocycles. The van der Waals surface area contributed by atoms with Crippen LogP contribution >= 0.6 is 11.6 Å². The zero-order chi connectivity index (χ0) is 19.8. The molecule has 0 aromatic heterocycles. The molecule has 3 N–H and O–H groups in total. The van der Waals surface area contributed by atoms with Gasteiger partial charge in [-0.1, -0.05) is 23.7 Å². The quantitative estimate of drug-likeness (QED) is 0.580. The summed E-state index contributed by atoms with van der Waals surface area (Å²) in [5.41, 5.74) is 2.48. The largest absolute Gasteiger partial charge is 0.497 e. The number of ether oxygens (including phenoxy) is 1. The minimum Gasteiger partial charge on any atom is -0.497 e. The first-order valence-corrected chi connectivity index (χ1v) is 10.3. The van der Waals surface area contributed by atoms with Gasteiger partial charge in [0, 0.05) is 17.1 Å². The maximum Gasteiger partial charge on any atom is 0.275 e. The highest BCUT2D eigenvalue weighted by atomic mass is 35.5. The fourth-order valence-corrected chi connectivity index (χ4v) is 3.88. The number of amides is 1. The van der Waals surface area contributed by atoms with Crippen molar-refractivity contribution in [2.75, 3.05) is 46.4 Å². The highest BCUT2D eigenvalue weighted by Crippen LogP contribution is 2.11. The summed E-state index contributed by atoms with van der Waals surface area (Å²) in [6.45, 7) is 6.50. The predicted octanol–water partition coefficient (Wildman–Crippen LogP) is -0.00910. The maximum absolute atomic E-state index is 12.2. The van der Waals surface area contributed by atoms with Crippen molar-refractivity contribution >= 4 is 17.5 Å². The molecule has 1 aliphatic rings. The molecule has 28 heavy (non-hydrogen) atoms. The van der Waals surface area contributed by atoms with Gasteiger partial charge in [0.15, 0.2) is 6.54 Å². The number of carbonyl (C=O) groups excluding carboxylic acids is 1. The molecule has 150 valence electrons. The zero-order valence-electron chi connectivity index (χ0n) is 16.5. The Morgan fingerprint density at radius 2 is 1.75 bits per heavy atom.